The van der Waals surface area contributed by atoms with Crippen molar-refractivity contribution in [3.63, 3.8) is 0 Å². The first kappa shape index (κ1) is 16.5. The summed E-state index contributed by atoms with van der Waals surface area (Å²) < 4.78 is 27.6. The van der Waals surface area contributed by atoms with Crippen molar-refractivity contribution >= 4 is 49.2 Å². The van der Waals surface area contributed by atoms with Crippen LogP contribution in [0.1, 0.15) is 13.8 Å². The van der Waals surface area contributed by atoms with Crippen LogP contribution >= 0.6 is 39.1 Å². The molecule has 0 atom stereocenters. The van der Waals surface area contributed by atoms with Crippen LogP contribution in [0.2, 0.25) is 10.0 Å². The van der Waals surface area contributed by atoms with Gasteiger partial charge in [-0.25, -0.2) is 8.42 Å². The second-order valence-electron chi connectivity index (χ2n) is 5.35. The third-order valence-corrected chi connectivity index (χ3v) is 6.32. The number of hydrogen-bond donors (Lipinski definition) is 1. The molecule has 1 N–H and O–H groups in total. The van der Waals surface area contributed by atoms with Crippen LogP contribution in [0.15, 0.2) is 21.5 Å². The molecule has 0 aromatic heterocycles. The van der Waals surface area contributed by atoms with E-state index in [-0.39, 0.29) is 20.5 Å². The van der Waals surface area contributed by atoms with Crippen LogP contribution in [0.25, 0.3) is 0 Å². The highest BCUT2D eigenvalue weighted by molar-refractivity contribution is 9.10. The Balaban J connectivity index is 2.46. The van der Waals surface area contributed by atoms with Crippen molar-refractivity contribution in [2.24, 2.45) is 0 Å². The molecule has 1 aromatic carbocycles. The van der Waals surface area contributed by atoms with Gasteiger partial charge in [0, 0.05) is 29.6 Å². The molecule has 0 unspecified atom stereocenters. The quantitative estimate of drug-likeness (QED) is 0.828. The monoisotopic (exact) mass is 400 g/mol. The molecule has 2 rings (SSSR count). The fourth-order valence-corrected chi connectivity index (χ4v) is 5.69. The molecule has 0 aliphatic carbocycles. The van der Waals surface area contributed by atoms with Gasteiger partial charge in [-0.2, -0.15) is 4.31 Å². The molecular weight excluding hydrogens is 387 g/mol. The van der Waals surface area contributed by atoms with Crippen molar-refractivity contribution < 1.29 is 8.42 Å². The number of benzene rings is 1. The number of rotatable bonds is 2. The van der Waals surface area contributed by atoms with Gasteiger partial charge in [0.1, 0.15) is 4.90 Å². The highest BCUT2D eigenvalue weighted by Crippen LogP contribution is 2.35. The smallest absolute Gasteiger partial charge is 0.246 e. The standard InChI is InChI=1S/C12H15BrCl2N2O2S/c1-12(2)7-17(4-3-16-12)20(18,19)11-9(14)5-8(13)6-10(11)15/h5-6,16H,3-4,7H2,1-2H3. The number of nitrogens with zero attached hydrogens (tertiary/aromatic N) is 1. The maximum Gasteiger partial charge on any atom is 0.246 e. The Morgan fingerprint density at radius 2 is 1.85 bits per heavy atom. The molecule has 1 fully saturated rings. The minimum atomic E-state index is -3.70. The van der Waals surface area contributed by atoms with E-state index in [1.807, 2.05) is 13.8 Å². The van der Waals surface area contributed by atoms with Crippen LogP contribution in [0.5, 0.6) is 0 Å². The highest BCUT2D eigenvalue weighted by Gasteiger charge is 2.36. The van der Waals surface area contributed by atoms with Crippen LogP contribution < -0.4 is 5.32 Å². The molecule has 0 amide bonds. The van der Waals surface area contributed by atoms with E-state index in [0.717, 1.165) is 0 Å². The maximum absolute atomic E-state index is 12.7. The molecule has 8 heteroatoms. The first-order valence-electron chi connectivity index (χ1n) is 6.03. The summed E-state index contributed by atoms with van der Waals surface area (Å²) in [5.41, 5.74) is -0.278. The van der Waals surface area contributed by atoms with Crippen molar-refractivity contribution in [3.05, 3.63) is 26.7 Å². The zero-order valence-corrected chi connectivity index (χ0v) is 15.0. The predicted molar refractivity (Wildman–Crippen MR) is 85.0 cm³/mol. The second kappa shape index (κ2) is 5.74. The van der Waals surface area contributed by atoms with Crippen LogP contribution in [0.3, 0.4) is 0 Å². The minimum absolute atomic E-state index is 0.0262. The molecule has 20 heavy (non-hydrogen) atoms. The molecule has 0 spiro atoms. The lowest BCUT2D eigenvalue weighted by molar-refractivity contribution is 0.233. The van der Waals surface area contributed by atoms with Gasteiger partial charge in [0.05, 0.1) is 10.0 Å². The molecule has 1 aliphatic heterocycles. The van der Waals surface area contributed by atoms with Gasteiger partial charge in [-0.1, -0.05) is 39.1 Å². The summed E-state index contributed by atoms with van der Waals surface area (Å²) in [6, 6.07) is 3.07. The van der Waals surface area contributed by atoms with Crippen molar-refractivity contribution in [1.82, 2.24) is 9.62 Å². The van der Waals surface area contributed by atoms with Gasteiger partial charge in [0.15, 0.2) is 0 Å². The maximum atomic E-state index is 12.7. The molecule has 4 nitrogen and oxygen atoms in total. The topological polar surface area (TPSA) is 49.4 Å². The minimum Gasteiger partial charge on any atom is -0.309 e. The number of nitrogens with one attached hydrogen (secondary N) is 1. The fraction of sp³-hybridized carbons (Fsp3) is 0.500. The lowest BCUT2D eigenvalue weighted by Crippen LogP contribution is -2.58. The van der Waals surface area contributed by atoms with E-state index in [1.54, 1.807) is 0 Å². The van der Waals surface area contributed by atoms with Crippen molar-refractivity contribution in [3.8, 4) is 0 Å². The van der Waals surface area contributed by atoms with Gasteiger partial charge in [0.2, 0.25) is 10.0 Å². The molecule has 1 heterocycles. The van der Waals surface area contributed by atoms with Gasteiger partial charge in [0.25, 0.3) is 0 Å². The number of hydrogen-bond acceptors (Lipinski definition) is 3. The Bertz CT molecular complexity index is 611. The SMILES string of the molecule is CC1(C)CN(S(=O)(=O)c2c(Cl)cc(Br)cc2Cl)CCN1. The average Bonchev–Trinajstić information content (AvgIpc) is 2.25. The van der Waals surface area contributed by atoms with Crippen molar-refractivity contribution in [2.45, 2.75) is 24.3 Å². The van der Waals surface area contributed by atoms with Gasteiger partial charge in [-0.05, 0) is 26.0 Å². The Kier molecular flexibility index (Phi) is 4.74. The van der Waals surface area contributed by atoms with E-state index >= 15 is 0 Å². The predicted octanol–water partition coefficient (Wildman–Crippen LogP) is 3.13. The summed E-state index contributed by atoms with van der Waals surface area (Å²) in [5.74, 6) is 0. The largest absolute Gasteiger partial charge is 0.309 e. The van der Waals surface area contributed by atoms with Gasteiger partial charge >= 0.3 is 0 Å². The second-order valence-corrected chi connectivity index (χ2v) is 8.95. The molecule has 0 radical (unpaired) electrons. The Hall–Kier alpha value is 0.150. The Morgan fingerprint density at radius 1 is 1.30 bits per heavy atom. The van der Waals surface area contributed by atoms with Gasteiger partial charge < -0.3 is 5.32 Å². The van der Waals surface area contributed by atoms with E-state index in [9.17, 15) is 8.42 Å². The Morgan fingerprint density at radius 3 is 2.35 bits per heavy atom. The van der Waals surface area contributed by atoms with E-state index < -0.39 is 10.0 Å². The molecule has 0 bridgehead atoms. The zero-order valence-electron chi connectivity index (χ0n) is 11.1. The van der Waals surface area contributed by atoms with Crippen LogP contribution in [-0.4, -0.2) is 37.9 Å². The molecule has 112 valence electrons. The summed E-state index contributed by atoms with van der Waals surface area (Å²) >= 11 is 15.4. The van der Waals surface area contributed by atoms with Gasteiger partial charge in [-0.15, -0.1) is 0 Å². The Labute approximate surface area is 137 Å². The zero-order chi connectivity index (χ0) is 15.1. The van der Waals surface area contributed by atoms with Crippen molar-refractivity contribution in [2.75, 3.05) is 19.6 Å². The number of sulfonamides is 1. The summed E-state index contributed by atoms with van der Waals surface area (Å²) in [6.45, 7) is 5.28. The molecule has 0 saturated carbocycles. The number of halogens is 3. The summed E-state index contributed by atoms with van der Waals surface area (Å²) in [5, 5.41) is 3.52. The van der Waals surface area contributed by atoms with E-state index in [4.69, 9.17) is 23.2 Å². The number of piperazine rings is 1. The first-order valence-corrected chi connectivity index (χ1v) is 9.02. The van der Waals surface area contributed by atoms with Crippen molar-refractivity contribution in [1.29, 1.82) is 0 Å². The molecular formula is C12H15BrCl2N2O2S. The van der Waals surface area contributed by atoms with E-state index in [2.05, 4.69) is 21.2 Å². The normalized spacial score (nSPS) is 20.1. The lowest BCUT2D eigenvalue weighted by atomic mass is 10.0. The fourth-order valence-electron chi connectivity index (χ4n) is 2.20. The third-order valence-electron chi connectivity index (χ3n) is 3.10. The molecule has 1 aromatic rings. The average molecular weight is 402 g/mol. The van der Waals surface area contributed by atoms with Crippen LogP contribution in [0, 0.1) is 0 Å². The lowest BCUT2D eigenvalue weighted by Gasteiger charge is -2.38. The van der Waals surface area contributed by atoms with Crippen LogP contribution in [0.4, 0.5) is 0 Å². The third kappa shape index (κ3) is 3.31. The summed E-state index contributed by atoms with van der Waals surface area (Å²) in [4.78, 5) is -0.0262. The van der Waals surface area contributed by atoms with Crippen LogP contribution in [-0.2, 0) is 10.0 Å². The van der Waals surface area contributed by atoms with Gasteiger partial charge in [-0.3, -0.25) is 0 Å². The summed E-state index contributed by atoms with van der Waals surface area (Å²) in [6.07, 6.45) is 0. The molecule has 1 aliphatic rings. The van der Waals surface area contributed by atoms with E-state index in [0.29, 0.717) is 24.1 Å². The summed E-state index contributed by atoms with van der Waals surface area (Å²) in [7, 11) is -3.70. The molecule has 1 saturated heterocycles. The first-order chi connectivity index (χ1) is 9.13. The highest BCUT2D eigenvalue weighted by atomic mass is 79.9. The van der Waals surface area contributed by atoms with E-state index in [1.165, 1.54) is 16.4 Å².